The second kappa shape index (κ2) is 7.91. The summed E-state index contributed by atoms with van der Waals surface area (Å²) >= 11 is 0. The lowest BCUT2D eigenvalue weighted by atomic mass is 10.1. The van der Waals surface area contributed by atoms with E-state index in [2.05, 4.69) is 10.3 Å². The van der Waals surface area contributed by atoms with Crippen LogP contribution in [-0.4, -0.2) is 22.6 Å². The minimum absolute atomic E-state index is 0.0341. The molecule has 1 heterocycles. The number of fused-ring (bicyclic) bond motifs is 1. The van der Waals surface area contributed by atoms with Crippen LogP contribution in [0.3, 0.4) is 0 Å². The van der Waals surface area contributed by atoms with Crippen LogP contribution in [0.2, 0.25) is 0 Å². The summed E-state index contributed by atoms with van der Waals surface area (Å²) < 4.78 is 11.3. The van der Waals surface area contributed by atoms with Crippen molar-refractivity contribution >= 4 is 22.7 Å². The van der Waals surface area contributed by atoms with E-state index in [0.717, 1.165) is 22.2 Å². The molecule has 0 aliphatic rings. The molecule has 0 radical (unpaired) electrons. The highest BCUT2D eigenvalue weighted by molar-refractivity contribution is 5.92. The van der Waals surface area contributed by atoms with Gasteiger partial charge < -0.3 is 19.6 Å². The number of carbonyl (C=O) groups excluding carboxylic acids is 1. The largest absolute Gasteiger partial charge is 0.507 e. The molecule has 0 atom stereocenters. The summed E-state index contributed by atoms with van der Waals surface area (Å²) in [5, 5.41) is 13.2. The second-order valence-electron chi connectivity index (χ2n) is 7.33. The van der Waals surface area contributed by atoms with Gasteiger partial charge in [0.05, 0.1) is 5.56 Å². The Hall–Kier alpha value is -3.80. The molecule has 2 N–H and O–H groups in total. The molecular weight excluding hydrogens is 380 g/mol. The summed E-state index contributed by atoms with van der Waals surface area (Å²) in [4.78, 5) is 16.6. The second-order valence-corrected chi connectivity index (χ2v) is 7.33. The molecule has 0 unspecified atom stereocenters. The van der Waals surface area contributed by atoms with Crippen molar-refractivity contribution < 1.29 is 19.1 Å². The number of phenols is 1. The van der Waals surface area contributed by atoms with Gasteiger partial charge in [0.1, 0.15) is 17.0 Å². The molecule has 6 nitrogen and oxygen atoms in total. The minimum Gasteiger partial charge on any atom is -0.507 e. The van der Waals surface area contributed by atoms with E-state index in [1.807, 2.05) is 57.2 Å². The maximum absolute atomic E-state index is 12.2. The van der Waals surface area contributed by atoms with Crippen molar-refractivity contribution in [1.29, 1.82) is 0 Å². The molecule has 1 aromatic heterocycles. The van der Waals surface area contributed by atoms with E-state index in [9.17, 15) is 9.90 Å². The predicted molar refractivity (Wildman–Crippen MR) is 116 cm³/mol. The van der Waals surface area contributed by atoms with E-state index in [4.69, 9.17) is 9.15 Å². The van der Waals surface area contributed by atoms with Gasteiger partial charge >= 0.3 is 0 Å². The first-order chi connectivity index (χ1) is 14.4. The van der Waals surface area contributed by atoms with E-state index in [0.29, 0.717) is 28.5 Å². The van der Waals surface area contributed by atoms with Crippen LogP contribution in [0, 0.1) is 20.8 Å². The zero-order chi connectivity index (χ0) is 21.3. The van der Waals surface area contributed by atoms with Crippen LogP contribution in [0.25, 0.3) is 22.6 Å². The predicted octanol–water partition coefficient (Wildman–Crippen LogP) is 5.14. The Labute approximate surface area is 174 Å². The van der Waals surface area contributed by atoms with Gasteiger partial charge in [0, 0.05) is 11.8 Å². The number of aryl methyl sites for hydroxylation is 3. The fourth-order valence-corrected chi connectivity index (χ4v) is 3.26. The van der Waals surface area contributed by atoms with Gasteiger partial charge in [-0.1, -0.05) is 23.8 Å². The highest BCUT2D eigenvalue weighted by Gasteiger charge is 2.15. The number of phenolic OH excluding ortho intramolecular Hbond substituents is 1. The van der Waals surface area contributed by atoms with E-state index in [1.54, 1.807) is 12.1 Å². The van der Waals surface area contributed by atoms with Gasteiger partial charge in [-0.15, -0.1) is 0 Å². The molecular formula is C24H22N2O4. The number of nitrogens with one attached hydrogen (secondary N) is 1. The summed E-state index contributed by atoms with van der Waals surface area (Å²) in [7, 11) is 0. The lowest BCUT2D eigenvalue weighted by molar-refractivity contribution is -0.118. The molecule has 1 amide bonds. The number of aromatic nitrogens is 1. The van der Waals surface area contributed by atoms with Gasteiger partial charge in [-0.25, -0.2) is 4.98 Å². The van der Waals surface area contributed by atoms with Crippen LogP contribution in [0.15, 0.2) is 59.0 Å². The number of nitrogens with zero attached hydrogens (tertiary/aromatic N) is 1. The van der Waals surface area contributed by atoms with Crippen LogP contribution in [-0.2, 0) is 4.79 Å². The van der Waals surface area contributed by atoms with E-state index in [1.165, 1.54) is 6.07 Å². The van der Waals surface area contributed by atoms with Gasteiger partial charge in [-0.05, 0) is 62.2 Å². The lowest BCUT2D eigenvalue weighted by Crippen LogP contribution is -2.20. The topological polar surface area (TPSA) is 84.6 Å². The number of ether oxygens (including phenoxy) is 1. The standard InChI is InChI=1S/C24H22N2O4/c1-14-4-7-18(8-5-14)29-13-22(28)25-17-6-9-19(21(27)12-17)24-26-20-11-15(2)10-16(3)23(20)30-24/h4-12,27H,13H2,1-3H3,(H,25,28). The zero-order valence-electron chi connectivity index (χ0n) is 17.0. The van der Waals surface area contributed by atoms with Crippen LogP contribution < -0.4 is 10.1 Å². The highest BCUT2D eigenvalue weighted by atomic mass is 16.5. The Bertz CT molecular complexity index is 1230. The van der Waals surface area contributed by atoms with Gasteiger partial charge in [-0.3, -0.25) is 4.79 Å². The van der Waals surface area contributed by atoms with Crippen molar-refractivity contribution in [2.45, 2.75) is 20.8 Å². The summed E-state index contributed by atoms with van der Waals surface area (Å²) in [5.74, 6) is 0.594. The van der Waals surface area contributed by atoms with Crippen LogP contribution in [0.1, 0.15) is 16.7 Å². The fraction of sp³-hybridized carbons (Fsp3) is 0.167. The van der Waals surface area contributed by atoms with Gasteiger partial charge in [-0.2, -0.15) is 0 Å². The molecule has 0 fully saturated rings. The smallest absolute Gasteiger partial charge is 0.262 e. The van der Waals surface area contributed by atoms with E-state index in [-0.39, 0.29) is 18.3 Å². The Morgan fingerprint density at radius 3 is 2.53 bits per heavy atom. The molecule has 152 valence electrons. The summed E-state index contributed by atoms with van der Waals surface area (Å²) in [6.07, 6.45) is 0. The Morgan fingerprint density at radius 2 is 1.80 bits per heavy atom. The SMILES string of the molecule is Cc1ccc(OCC(=O)Nc2ccc(-c3nc4cc(C)cc(C)c4o3)c(O)c2)cc1. The van der Waals surface area contributed by atoms with Crippen molar-refractivity contribution in [2.24, 2.45) is 0 Å². The molecule has 30 heavy (non-hydrogen) atoms. The van der Waals surface area contributed by atoms with E-state index >= 15 is 0 Å². The monoisotopic (exact) mass is 402 g/mol. The molecule has 4 rings (SSSR count). The van der Waals surface area contributed by atoms with Crippen molar-refractivity contribution in [1.82, 2.24) is 4.98 Å². The van der Waals surface area contributed by atoms with Crippen molar-refractivity contribution in [2.75, 3.05) is 11.9 Å². The van der Waals surface area contributed by atoms with Crippen LogP contribution >= 0.6 is 0 Å². The minimum atomic E-state index is -0.323. The first-order valence-electron chi connectivity index (χ1n) is 9.59. The molecule has 0 spiro atoms. The third-order valence-corrected chi connectivity index (χ3v) is 4.72. The molecule has 0 aliphatic heterocycles. The van der Waals surface area contributed by atoms with Gasteiger partial charge in [0.2, 0.25) is 5.89 Å². The van der Waals surface area contributed by atoms with Crippen molar-refractivity contribution in [3.05, 3.63) is 71.3 Å². The fourth-order valence-electron chi connectivity index (χ4n) is 3.26. The number of anilines is 1. The number of hydrogen-bond acceptors (Lipinski definition) is 5. The third-order valence-electron chi connectivity index (χ3n) is 4.72. The Balaban J connectivity index is 1.47. The number of aromatic hydroxyl groups is 1. The third kappa shape index (κ3) is 4.12. The average Bonchev–Trinajstić information content (AvgIpc) is 3.11. The normalized spacial score (nSPS) is 10.9. The number of oxazole rings is 1. The van der Waals surface area contributed by atoms with Crippen molar-refractivity contribution in [3.8, 4) is 23.0 Å². The maximum Gasteiger partial charge on any atom is 0.262 e. The Morgan fingerprint density at radius 1 is 1.03 bits per heavy atom. The van der Waals surface area contributed by atoms with Crippen molar-refractivity contribution in [3.63, 3.8) is 0 Å². The quantitative estimate of drug-likeness (QED) is 0.483. The average molecular weight is 402 g/mol. The van der Waals surface area contributed by atoms with Crippen LogP contribution in [0.5, 0.6) is 11.5 Å². The Kier molecular flexibility index (Phi) is 5.14. The molecule has 0 aliphatic carbocycles. The molecule has 0 saturated carbocycles. The van der Waals surface area contributed by atoms with Gasteiger partial charge in [0.15, 0.2) is 12.2 Å². The first-order valence-corrected chi connectivity index (χ1v) is 9.59. The molecule has 6 heteroatoms. The zero-order valence-corrected chi connectivity index (χ0v) is 17.0. The maximum atomic E-state index is 12.2. The van der Waals surface area contributed by atoms with Gasteiger partial charge in [0.25, 0.3) is 5.91 Å². The number of rotatable bonds is 5. The molecule has 0 bridgehead atoms. The summed E-state index contributed by atoms with van der Waals surface area (Å²) in [6.45, 7) is 5.81. The number of hydrogen-bond donors (Lipinski definition) is 2. The summed E-state index contributed by atoms with van der Waals surface area (Å²) in [5.41, 5.74) is 5.55. The van der Waals surface area contributed by atoms with Crippen LogP contribution in [0.4, 0.5) is 5.69 Å². The number of amides is 1. The molecule has 3 aromatic carbocycles. The molecule has 4 aromatic rings. The highest BCUT2D eigenvalue weighted by Crippen LogP contribution is 2.34. The van der Waals surface area contributed by atoms with E-state index < -0.39 is 0 Å². The number of carbonyl (C=O) groups is 1. The summed E-state index contributed by atoms with van der Waals surface area (Å²) in [6, 6.07) is 16.2. The number of benzene rings is 3. The first kappa shape index (κ1) is 19.5. The lowest BCUT2D eigenvalue weighted by Gasteiger charge is -2.09. The molecule has 0 saturated heterocycles.